The first-order valence-electron chi connectivity index (χ1n) is 4.12. The normalized spacial score (nSPS) is 16.4. The zero-order valence-corrected chi connectivity index (χ0v) is 7.36. The van der Waals surface area contributed by atoms with Crippen LogP contribution in [0, 0.1) is 0 Å². The van der Waals surface area contributed by atoms with E-state index in [-0.39, 0.29) is 6.10 Å². The molecule has 0 unspecified atom stereocenters. The summed E-state index contributed by atoms with van der Waals surface area (Å²) in [4.78, 5) is 7.85. The zero-order chi connectivity index (χ0) is 9.10. The summed E-state index contributed by atoms with van der Waals surface area (Å²) < 4.78 is 10.4. The summed E-state index contributed by atoms with van der Waals surface area (Å²) in [6.07, 6.45) is 1.67. The van der Waals surface area contributed by atoms with E-state index in [9.17, 15) is 0 Å². The Kier molecular flexibility index (Phi) is 2.27. The highest BCUT2D eigenvalue weighted by atomic mass is 16.5. The third-order valence-electron chi connectivity index (χ3n) is 1.86. The van der Waals surface area contributed by atoms with Gasteiger partial charge in [0, 0.05) is 13.1 Å². The molecule has 0 saturated carbocycles. The predicted octanol–water partition coefficient (Wildman–Crippen LogP) is -0.164. The maximum atomic E-state index is 5.50. The van der Waals surface area contributed by atoms with Crippen LogP contribution in [0.15, 0.2) is 12.4 Å². The van der Waals surface area contributed by atoms with Crippen molar-refractivity contribution >= 4 is 0 Å². The van der Waals surface area contributed by atoms with Crippen LogP contribution in [0.2, 0.25) is 0 Å². The molecule has 0 aromatic carbocycles. The second-order valence-corrected chi connectivity index (χ2v) is 2.80. The lowest BCUT2D eigenvalue weighted by atomic mass is 10.2. The van der Waals surface area contributed by atoms with Crippen molar-refractivity contribution < 1.29 is 9.47 Å². The van der Waals surface area contributed by atoms with Gasteiger partial charge in [0.05, 0.1) is 13.2 Å². The minimum atomic E-state index is 0.236. The first-order chi connectivity index (χ1) is 6.38. The summed E-state index contributed by atoms with van der Waals surface area (Å²) >= 11 is 0. The average molecular weight is 181 g/mol. The average Bonchev–Trinajstić information content (AvgIpc) is 2.12. The molecule has 0 radical (unpaired) electrons. The maximum absolute atomic E-state index is 5.50. The van der Waals surface area contributed by atoms with Crippen LogP contribution in [0.25, 0.3) is 0 Å². The summed E-state index contributed by atoms with van der Waals surface area (Å²) in [6, 6.07) is 1.68. The Bertz CT molecular complexity index is 288. The fourth-order valence-electron chi connectivity index (χ4n) is 1.02. The minimum absolute atomic E-state index is 0.236. The summed E-state index contributed by atoms with van der Waals surface area (Å²) in [6.45, 7) is 1.76. The van der Waals surface area contributed by atoms with Gasteiger partial charge in [-0.1, -0.05) is 0 Å². The number of nitrogens with zero attached hydrogens (tertiary/aromatic N) is 2. The van der Waals surface area contributed by atoms with Crippen molar-refractivity contribution in [2.24, 2.45) is 0 Å². The molecule has 13 heavy (non-hydrogen) atoms. The quantitative estimate of drug-likeness (QED) is 0.702. The van der Waals surface area contributed by atoms with Gasteiger partial charge in [0.25, 0.3) is 0 Å². The zero-order valence-electron chi connectivity index (χ0n) is 7.36. The fraction of sp³-hybridized carbons (Fsp3) is 0.500. The highest BCUT2D eigenvalue weighted by Gasteiger charge is 2.18. The van der Waals surface area contributed by atoms with E-state index in [1.54, 1.807) is 13.2 Å². The largest absolute Gasteiger partial charge is 0.481 e. The number of methoxy groups -OCH3 is 1. The molecule has 5 nitrogen and oxygen atoms in total. The van der Waals surface area contributed by atoms with Crippen LogP contribution in [-0.4, -0.2) is 36.3 Å². The molecule has 0 aliphatic carbocycles. The van der Waals surface area contributed by atoms with Crippen LogP contribution in [0.4, 0.5) is 0 Å². The molecule has 1 saturated heterocycles. The molecule has 70 valence electrons. The smallest absolute Gasteiger partial charge is 0.220 e. The summed E-state index contributed by atoms with van der Waals surface area (Å²) in [5, 5.41) is 3.11. The summed E-state index contributed by atoms with van der Waals surface area (Å²) in [5.41, 5.74) is 0. The number of aromatic nitrogens is 2. The molecule has 2 heterocycles. The van der Waals surface area contributed by atoms with E-state index in [1.165, 1.54) is 6.33 Å². The first-order valence-corrected chi connectivity index (χ1v) is 4.12. The Morgan fingerprint density at radius 1 is 1.38 bits per heavy atom. The summed E-state index contributed by atoms with van der Waals surface area (Å²) in [7, 11) is 1.57. The van der Waals surface area contributed by atoms with Gasteiger partial charge in [0.15, 0.2) is 0 Å². The second-order valence-electron chi connectivity index (χ2n) is 2.80. The highest BCUT2D eigenvalue weighted by Crippen LogP contribution is 2.14. The van der Waals surface area contributed by atoms with E-state index in [0.29, 0.717) is 11.8 Å². The molecule has 0 atom stereocenters. The molecule has 1 aliphatic heterocycles. The van der Waals surface area contributed by atoms with Crippen LogP contribution in [0.1, 0.15) is 0 Å². The number of ether oxygens (including phenoxy) is 2. The lowest BCUT2D eigenvalue weighted by Gasteiger charge is -2.27. The molecule has 1 fully saturated rings. The monoisotopic (exact) mass is 181 g/mol. The molecular formula is C8H11N3O2. The SMILES string of the molecule is COc1cc(OC2CNC2)ncn1. The third-order valence-corrected chi connectivity index (χ3v) is 1.86. The molecule has 5 heteroatoms. The number of rotatable bonds is 3. The van der Waals surface area contributed by atoms with Gasteiger partial charge in [0.1, 0.15) is 12.4 Å². The van der Waals surface area contributed by atoms with Gasteiger partial charge in [-0.2, -0.15) is 0 Å². The molecule has 1 N–H and O–H groups in total. The Labute approximate surface area is 76.1 Å². The van der Waals surface area contributed by atoms with Gasteiger partial charge < -0.3 is 14.8 Å². The van der Waals surface area contributed by atoms with E-state index in [1.807, 2.05) is 0 Å². The van der Waals surface area contributed by atoms with Crippen molar-refractivity contribution in [2.45, 2.75) is 6.10 Å². The van der Waals surface area contributed by atoms with Crippen molar-refractivity contribution in [1.82, 2.24) is 15.3 Å². The lowest BCUT2D eigenvalue weighted by molar-refractivity contribution is 0.135. The minimum Gasteiger partial charge on any atom is -0.481 e. The molecule has 0 amide bonds. The maximum Gasteiger partial charge on any atom is 0.220 e. The number of hydrogen-bond acceptors (Lipinski definition) is 5. The van der Waals surface area contributed by atoms with Crippen LogP contribution in [0.3, 0.4) is 0 Å². The second kappa shape index (κ2) is 3.57. The van der Waals surface area contributed by atoms with Gasteiger partial charge in [-0.05, 0) is 0 Å². The summed E-state index contributed by atoms with van der Waals surface area (Å²) in [5.74, 6) is 1.09. The Morgan fingerprint density at radius 3 is 2.77 bits per heavy atom. The van der Waals surface area contributed by atoms with E-state index in [2.05, 4.69) is 15.3 Å². The van der Waals surface area contributed by atoms with Crippen molar-refractivity contribution in [3.8, 4) is 11.8 Å². The van der Waals surface area contributed by atoms with Crippen molar-refractivity contribution in [1.29, 1.82) is 0 Å². The van der Waals surface area contributed by atoms with Crippen LogP contribution < -0.4 is 14.8 Å². The molecule has 1 aliphatic rings. The standard InChI is InChI=1S/C8H11N3O2/c1-12-7-2-8(11-5-10-7)13-6-3-9-4-6/h2,5-6,9H,3-4H2,1H3. The molecule has 1 aromatic heterocycles. The topological polar surface area (TPSA) is 56.3 Å². The van der Waals surface area contributed by atoms with Gasteiger partial charge in [-0.3, -0.25) is 0 Å². The van der Waals surface area contributed by atoms with Crippen molar-refractivity contribution in [3.05, 3.63) is 12.4 Å². The highest BCUT2D eigenvalue weighted by molar-refractivity contribution is 5.18. The lowest BCUT2D eigenvalue weighted by Crippen LogP contribution is -2.50. The van der Waals surface area contributed by atoms with Crippen LogP contribution in [0.5, 0.6) is 11.8 Å². The van der Waals surface area contributed by atoms with Crippen LogP contribution in [-0.2, 0) is 0 Å². The Balaban J connectivity index is 2.01. The van der Waals surface area contributed by atoms with E-state index < -0.39 is 0 Å². The van der Waals surface area contributed by atoms with E-state index in [0.717, 1.165) is 13.1 Å². The van der Waals surface area contributed by atoms with Gasteiger partial charge in [-0.15, -0.1) is 0 Å². The molecule has 2 rings (SSSR count). The number of hydrogen-bond donors (Lipinski definition) is 1. The van der Waals surface area contributed by atoms with Gasteiger partial charge in [-0.25, -0.2) is 9.97 Å². The van der Waals surface area contributed by atoms with Crippen molar-refractivity contribution in [3.63, 3.8) is 0 Å². The Morgan fingerprint density at radius 2 is 2.15 bits per heavy atom. The van der Waals surface area contributed by atoms with E-state index in [4.69, 9.17) is 9.47 Å². The molecule has 1 aromatic rings. The predicted molar refractivity (Wildman–Crippen MR) is 45.9 cm³/mol. The molecule has 0 bridgehead atoms. The molecule has 0 spiro atoms. The van der Waals surface area contributed by atoms with E-state index >= 15 is 0 Å². The van der Waals surface area contributed by atoms with Crippen LogP contribution >= 0.6 is 0 Å². The Hall–Kier alpha value is -1.36. The number of nitrogens with one attached hydrogen (secondary N) is 1. The van der Waals surface area contributed by atoms with Gasteiger partial charge in [0.2, 0.25) is 11.8 Å². The van der Waals surface area contributed by atoms with Crippen molar-refractivity contribution in [2.75, 3.05) is 20.2 Å². The fourth-order valence-corrected chi connectivity index (χ4v) is 1.02. The van der Waals surface area contributed by atoms with Gasteiger partial charge >= 0.3 is 0 Å². The third kappa shape index (κ3) is 1.86. The first kappa shape index (κ1) is 8.25. The molecular weight excluding hydrogens is 170 g/mol.